The lowest BCUT2D eigenvalue weighted by Crippen LogP contribution is -2.46. The van der Waals surface area contributed by atoms with Crippen LogP contribution in [0.15, 0.2) is 0 Å². The van der Waals surface area contributed by atoms with Gasteiger partial charge in [0.05, 0.1) is 6.04 Å². The molecule has 2 saturated heterocycles. The normalized spacial score (nSPS) is 21.1. The first-order valence-corrected chi connectivity index (χ1v) is 12.7. The lowest BCUT2D eigenvalue weighted by molar-refractivity contribution is -0.141. The standard InChI is InChI=1S/C25H43N3O6/c1-18(29)26-20(23(31)32)8-7-15-27-14-6-5-9-21(27)22(30)11-10-19-12-16-28(17-13-19)24(33)34-25(2,3)4/h19-21H,5-17H2,1-4H3,(H,26,29)(H,31,32)/t20?,21-/m1/s1. The van der Waals surface area contributed by atoms with Crippen LogP contribution in [0.25, 0.3) is 0 Å². The minimum absolute atomic E-state index is 0.0975. The topological polar surface area (TPSA) is 116 Å². The fourth-order valence-corrected chi connectivity index (χ4v) is 4.87. The van der Waals surface area contributed by atoms with Gasteiger partial charge >= 0.3 is 12.1 Å². The number of aliphatic carboxylic acids is 1. The SMILES string of the molecule is CC(=O)NC(CCCN1CCCC[C@@H]1C(=O)CCC1CCN(C(=O)OC(C)(C)C)CC1)C(=O)O. The van der Waals surface area contributed by atoms with Gasteiger partial charge in [0.15, 0.2) is 0 Å². The van der Waals surface area contributed by atoms with E-state index >= 15 is 0 Å². The highest BCUT2D eigenvalue weighted by molar-refractivity contribution is 5.84. The maximum atomic E-state index is 13.1. The van der Waals surface area contributed by atoms with Gasteiger partial charge < -0.3 is 20.1 Å². The predicted octanol–water partition coefficient (Wildman–Crippen LogP) is 3.21. The van der Waals surface area contributed by atoms with E-state index in [0.717, 1.165) is 45.1 Å². The molecular formula is C25H43N3O6. The third kappa shape index (κ3) is 9.60. The number of likely N-dealkylation sites (tertiary alicyclic amines) is 2. The van der Waals surface area contributed by atoms with Gasteiger partial charge in [0.25, 0.3) is 0 Å². The molecule has 0 saturated carbocycles. The minimum atomic E-state index is -1.03. The number of carboxylic acids is 1. The van der Waals surface area contributed by atoms with Crippen LogP contribution in [0, 0.1) is 5.92 Å². The Balaban J connectivity index is 1.76. The van der Waals surface area contributed by atoms with Crippen molar-refractivity contribution in [2.24, 2.45) is 5.92 Å². The summed E-state index contributed by atoms with van der Waals surface area (Å²) in [5, 5.41) is 11.8. The van der Waals surface area contributed by atoms with Gasteiger partial charge in [0.2, 0.25) is 5.91 Å². The summed E-state index contributed by atoms with van der Waals surface area (Å²) in [5.74, 6) is -0.672. The molecular weight excluding hydrogens is 438 g/mol. The number of ketones is 1. The quantitative estimate of drug-likeness (QED) is 0.492. The van der Waals surface area contributed by atoms with Gasteiger partial charge in [0, 0.05) is 26.4 Å². The number of ether oxygens (including phenoxy) is 1. The zero-order valence-corrected chi connectivity index (χ0v) is 21.3. The molecule has 2 amide bonds. The second-order valence-corrected chi connectivity index (χ2v) is 10.7. The van der Waals surface area contributed by atoms with Crippen molar-refractivity contribution >= 4 is 23.8 Å². The summed E-state index contributed by atoms with van der Waals surface area (Å²) < 4.78 is 5.45. The molecule has 9 nitrogen and oxygen atoms in total. The van der Waals surface area contributed by atoms with Crippen molar-refractivity contribution in [1.82, 2.24) is 15.1 Å². The molecule has 34 heavy (non-hydrogen) atoms. The summed E-state index contributed by atoms with van der Waals surface area (Å²) in [5.41, 5.74) is -0.495. The van der Waals surface area contributed by atoms with Crippen molar-refractivity contribution in [3.63, 3.8) is 0 Å². The van der Waals surface area contributed by atoms with Crippen LogP contribution in [0.3, 0.4) is 0 Å². The Morgan fingerprint density at radius 3 is 2.32 bits per heavy atom. The first kappa shape index (κ1) is 28.1. The monoisotopic (exact) mass is 481 g/mol. The van der Waals surface area contributed by atoms with Crippen molar-refractivity contribution in [2.45, 2.75) is 103 Å². The summed E-state index contributed by atoms with van der Waals surface area (Å²) in [6, 6.07) is -0.984. The number of amides is 2. The van der Waals surface area contributed by atoms with E-state index in [1.54, 1.807) is 4.90 Å². The van der Waals surface area contributed by atoms with Crippen LogP contribution in [0.5, 0.6) is 0 Å². The molecule has 0 radical (unpaired) electrons. The first-order valence-electron chi connectivity index (χ1n) is 12.7. The van der Waals surface area contributed by atoms with Crippen molar-refractivity contribution in [1.29, 1.82) is 0 Å². The van der Waals surface area contributed by atoms with Crippen molar-refractivity contribution < 1.29 is 29.0 Å². The van der Waals surface area contributed by atoms with E-state index in [0.29, 0.717) is 44.8 Å². The van der Waals surface area contributed by atoms with E-state index in [1.165, 1.54) is 6.92 Å². The lowest BCUT2D eigenvalue weighted by Gasteiger charge is -2.36. The zero-order chi connectivity index (χ0) is 25.3. The van der Waals surface area contributed by atoms with E-state index in [9.17, 15) is 24.3 Å². The van der Waals surface area contributed by atoms with Crippen LogP contribution in [0.1, 0.15) is 85.5 Å². The van der Waals surface area contributed by atoms with Crippen molar-refractivity contribution in [2.75, 3.05) is 26.2 Å². The molecule has 1 unspecified atom stereocenters. The van der Waals surface area contributed by atoms with E-state index in [1.807, 2.05) is 20.8 Å². The number of carbonyl (C=O) groups excluding carboxylic acids is 3. The van der Waals surface area contributed by atoms with Gasteiger partial charge in [-0.25, -0.2) is 9.59 Å². The minimum Gasteiger partial charge on any atom is -0.480 e. The fraction of sp³-hybridized carbons (Fsp3) is 0.840. The van der Waals surface area contributed by atoms with E-state index < -0.39 is 17.6 Å². The third-order valence-corrected chi connectivity index (χ3v) is 6.66. The number of nitrogens with one attached hydrogen (secondary N) is 1. The number of nitrogens with zero attached hydrogens (tertiary/aromatic N) is 2. The maximum Gasteiger partial charge on any atom is 0.410 e. The largest absolute Gasteiger partial charge is 0.480 e. The van der Waals surface area contributed by atoms with E-state index in [2.05, 4.69) is 10.2 Å². The van der Waals surface area contributed by atoms with Gasteiger partial charge in [-0.05, 0) is 84.7 Å². The van der Waals surface area contributed by atoms with Crippen LogP contribution in [-0.2, 0) is 19.1 Å². The summed E-state index contributed by atoms with van der Waals surface area (Å²) in [6.07, 6.45) is 6.80. The Morgan fingerprint density at radius 2 is 1.74 bits per heavy atom. The predicted molar refractivity (Wildman–Crippen MR) is 128 cm³/mol. The summed E-state index contributed by atoms with van der Waals surface area (Å²) in [7, 11) is 0. The average Bonchev–Trinajstić information content (AvgIpc) is 2.76. The molecule has 2 aliphatic heterocycles. The van der Waals surface area contributed by atoms with Crippen LogP contribution < -0.4 is 5.32 Å². The number of rotatable bonds is 10. The third-order valence-electron chi connectivity index (χ3n) is 6.66. The van der Waals surface area contributed by atoms with E-state index in [4.69, 9.17) is 4.74 Å². The highest BCUT2D eigenvalue weighted by Crippen LogP contribution is 2.26. The smallest absolute Gasteiger partial charge is 0.410 e. The Morgan fingerprint density at radius 1 is 1.06 bits per heavy atom. The molecule has 9 heteroatoms. The number of hydrogen-bond donors (Lipinski definition) is 2. The Labute approximate surface area is 203 Å². The average molecular weight is 482 g/mol. The second kappa shape index (κ2) is 13.1. The molecule has 2 aliphatic rings. The highest BCUT2D eigenvalue weighted by Gasteiger charge is 2.31. The summed E-state index contributed by atoms with van der Waals surface area (Å²) >= 11 is 0. The summed E-state index contributed by atoms with van der Waals surface area (Å²) in [6.45, 7) is 9.76. The van der Waals surface area contributed by atoms with Crippen LogP contribution in [0.2, 0.25) is 0 Å². The number of Topliss-reactive ketones (excluding diaryl/α,β-unsaturated/α-hetero) is 1. The Kier molecular flexibility index (Phi) is 10.8. The van der Waals surface area contributed by atoms with Gasteiger partial charge in [-0.1, -0.05) is 6.42 Å². The lowest BCUT2D eigenvalue weighted by atomic mass is 9.88. The molecule has 2 atom stereocenters. The first-order chi connectivity index (χ1) is 16.0. The molecule has 0 aromatic carbocycles. The number of piperidine rings is 2. The fourth-order valence-electron chi connectivity index (χ4n) is 4.87. The molecule has 0 aromatic heterocycles. The molecule has 0 spiro atoms. The molecule has 194 valence electrons. The Bertz CT molecular complexity index is 712. The van der Waals surface area contributed by atoms with Gasteiger partial charge in [-0.3, -0.25) is 14.5 Å². The van der Waals surface area contributed by atoms with Gasteiger partial charge in [-0.2, -0.15) is 0 Å². The zero-order valence-electron chi connectivity index (χ0n) is 21.3. The van der Waals surface area contributed by atoms with Crippen molar-refractivity contribution in [3.8, 4) is 0 Å². The van der Waals surface area contributed by atoms with Crippen LogP contribution in [0.4, 0.5) is 4.79 Å². The van der Waals surface area contributed by atoms with Crippen LogP contribution >= 0.6 is 0 Å². The maximum absolute atomic E-state index is 13.1. The van der Waals surface area contributed by atoms with Crippen molar-refractivity contribution in [3.05, 3.63) is 0 Å². The molecule has 2 heterocycles. The number of hydrogen-bond acceptors (Lipinski definition) is 6. The second-order valence-electron chi connectivity index (χ2n) is 10.7. The molecule has 2 fully saturated rings. The van der Waals surface area contributed by atoms with Crippen LogP contribution in [-0.4, -0.2) is 82.5 Å². The molecule has 0 aromatic rings. The molecule has 2 rings (SSSR count). The number of carbonyl (C=O) groups is 4. The summed E-state index contributed by atoms with van der Waals surface area (Å²) in [4.78, 5) is 51.8. The highest BCUT2D eigenvalue weighted by atomic mass is 16.6. The van der Waals surface area contributed by atoms with Gasteiger partial charge in [-0.15, -0.1) is 0 Å². The van der Waals surface area contributed by atoms with Gasteiger partial charge in [0.1, 0.15) is 17.4 Å². The molecule has 0 bridgehead atoms. The van der Waals surface area contributed by atoms with E-state index in [-0.39, 0.29) is 23.8 Å². The molecule has 0 aliphatic carbocycles. The Hall–Kier alpha value is -2.16. The molecule has 2 N–H and O–H groups in total. The number of carboxylic acid groups (broad SMARTS) is 1.